The molecule has 0 bridgehead atoms. The van der Waals surface area contributed by atoms with Crippen LogP contribution < -0.4 is 0 Å². The summed E-state index contributed by atoms with van der Waals surface area (Å²) in [5, 5.41) is 2.93. The van der Waals surface area contributed by atoms with Crippen LogP contribution in [-0.4, -0.2) is 15.0 Å². The Kier molecular flexibility index (Phi) is 3.66. The Balaban J connectivity index is 1.71. The quantitative estimate of drug-likeness (QED) is 0.538. The fourth-order valence-electron chi connectivity index (χ4n) is 2.38. The van der Waals surface area contributed by atoms with E-state index in [9.17, 15) is 0 Å². The van der Waals surface area contributed by atoms with Crippen molar-refractivity contribution in [1.29, 1.82) is 0 Å². The van der Waals surface area contributed by atoms with E-state index in [0.717, 1.165) is 27.7 Å². The normalized spacial score (nSPS) is 10.6. The maximum Gasteiger partial charge on any atom is 0.142 e. The highest BCUT2D eigenvalue weighted by molar-refractivity contribution is 7.13. The minimum atomic E-state index is 0.884. The monoisotopic (exact) mass is 315 g/mol. The van der Waals surface area contributed by atoms with Gasteiger partial charge in [0, 0.05) is 17.8 Å². The predicted molar refractivity (Wildman–Crippen MR) is 94.0 cm³/mol. The molecule has 0 amide bonds. The summed E-state index contributed by atoms with van der Waals surface area (Å²) in [5.74, 6) is 0. The number of hydrogen-bond donors (Lipinski definition) is 0. The molecule has 0 saturated carbocycles. The van der Waals surface area contributed by atoms with Gasteiger partial charge in [-0.05, 0) is 35.4 Å². The second kappa shape index (κ2) is 6.10. The highest BCUT2D eigenvalue weighted by Gasteiger charge is 2.09. The number of benzene rings is 1. The van der Waals surface area contributed by atoms with Gasteiger partial charge in [-0.15, -0.1) is 11.3 Å². The van der Waals surface area contributed by atoms with E-state index in [1.165, 1.54) is 5.56 Å². The number of thiazole rings is 1. The molecule has 0 atom stereocenters. The van der Waals surface area contributed by atoms with Crippen LogP contribution >= 0.6 is 11.3 Å². The Morgan fingerprint density at radius 2 is 1.48 bits per heavy atom. The lowest BCUT2D eigenvalue weighted by atomic mass is 10.1. The van der Waals surface area contributed by atoms with Crippen molar-refractivity contribution in [3.63, 3.8) is 0 Å². The van der Waals surface area contributed by atoms with Crippen LogP contribution in [0.2, 0.25) is 0 Å². The highest BCUT2D eigenvalue weighted by Crippen LogP contribution is 2.29. The van der Waals surface area contributed by atoms with Crippen molar-refractivity contribution >= 4 is 11.3 Å². The Morgan fingerprint density at radius 1 is 0.652 bits per heavy atom. The molecule has 3 heterocycles. The van der Waals surface area contributed by atoms with Crippen molar-refractivity contribution in [2.75, 3.05) is 0 Å². The van der Waals surface area contributed by atoms with E-state index in [1.54, 1.807) is 17.5 Å². The third-order valence-corrected chi connectivity index (χ3v) is 4.38. The van der Waals surface area contributed by atoms with Crippen molar-refractivity contribution in [3.05, 3.63) is 78.4 Å². The molecule has 0 fully saturated rings. The van der Waals surface area contributed by atoms with Crippen molar-refractivity contribution < 1.29 is 0 Å². The fraction of sp³-hybridized carbons (Fsp3) is 0. The molecular formula is C19H13N3S. The smallest absolute Gasteiger partial charge is 0.142 e. The van der Waals surface area contributed by atoms with Gasteiger partial charge in [0.15, 0.2) is 0 Å². The minimum Gasteiger partial charge on any atom is -0.255 e. The molecular weight excluding hydrogens is 302 g/mol. The van der Waals surface area contributed by atoms with E-state index in [0.29, 0.717) is 0 Å². The lowest BCUT2D eigenvalue weighted by Crippen LogP contribution is -1.86. The summed E-state index contributed by atoms with van der Waals surface area (Å²) in [6.07, 6.45) is 3.61. The minimum absolute atomic E-state index is 0.884. The summed E-state index contributed by atoms with van der Waals surface area (Å²) in [6, 6.07) is 20.2. The maximum absolute atomic E-state index is 4.68. The standard InChI is InChI=1S/C19H13N3S/c1-2-6-14(7-3-1)15-9-11-21-17(12-15)19-22-18(13-23-19)16-8-4-5-10-20-16/h1-13H. The van der Waals surface area contributed by atoms with Gasteiger partial charge >= 0.3 is 0 Å². The molecule has 0 aliphatic heterocycles. The molecule has 4 heteroatoms. The van der Waals surface area contributed by atoms with Crippen LogP contribution in [0.15, 0.2) is 78.4 Å². The number of nitrogens with zero attached hydrogens (tertiary/aromatic N) is 3. The van der Waals surface area contributed by atoms with E-state index >= 15 is 0 Å². The van der Waals surface area contributed by atoms with E-state index in [1.807, 2.05) is 54.0 Å². The van der Waals surface area contributed by atoms with E-state index in [2.05, 4.69) is 33.2 Å². The van der Waals surface area contributed by atoms with Crippen LogP contribution in [0.5, 0.6) is 0 Å². The molecule has 23 heavy (non-hydrogen) atoms. The molecule has 0 aliphatic carbocycles. The van der Waals surface area contributed by atoms with Crippen LogP contribution in [0.3, 0.4) is 0 Å². The molecule has 4 rings (SSSR count). The summed E-state index contributed by atoms with van der Waals surface area (Å²) in [5.41, 5.74) is 4.98. The summed E-state index contributed by atoms with van der Waals surface area (Å²) in [6.45, 7) is 0. The van der Waals surface area contributed by atoms with Crippen LogP contribution in [0.1, 0.15) is 0 Å². The van der Waals surface area contributed by atoms with Gasteiger partial charge in [-0.1, -0.05) is 36.4 Å². The summed E-state index contributed by atoms with van der Waals surface area (Å²) < 4.78 is 0. The van der Waals surface area contributed by atoms with Crippen molar-refractivity contribution in [3.8, 4) is 33.2 Å². The SMILES string of the molecule is c1ccc(-c2ccnc(-c3nc(-c4ccccn4)cs3)c2)cc1. The van der Waals surface area contributed by atoms with Crippen LogP contribution in [-0.2, 0) is 0 Å². The first kappa shape index (κ1) is 13.8. The van der Waals surface area contributed by atoms with Gasteiger partial charge < -0.3 is 0 Å². The third kappa shape index (κ3) is 2.89. The lowest BCUT2D eigenvalue weighted by Gasteiger charge is -2.02. The predicted octanol–water partition coefficient (Wildman–Crippen LogP) is 4.93. The molecule has 4 aromatic rings. The van der Waals surface area contributed by atoms with E-state index in [-0.39, 0.29) is 0 Å². The van der Waals surface area contributed by atoms with Crippen LogP contribution in [0.4, 0.5) is 0 Å². The highest BCUT2D eigenvalue weighted by atomic mass is 32.1. The van der Waals surface area contributed by atoms with Gasteiger partial charge in [0.25, 0.3) is 0 Å². The van der Waals surface area contributed by atoms with E-state index in [4.69, 9.17) is 0 Å². The maximum atomic E-state index is 4.68. The van der Waals surface area contributed by atoms with Gasteiger partial charge in [-0.2, -0.15) is 0 Å². The Morgan fingerprint density at radius 3 is 2.30 bits per heavy atom. The first-order valence-electron chi connectivity index (χ1n) is 7.29. The van der Waals surface area contributed by atoms with E-state index < -0.39 is 0 Å². The Hall–Kier alpha value is -2.85. The largest absolute Gasteiger partial charge is 0.255 e. The zero-order chi connectivity index (χ0) is 15.5. The zero-order valence-electron chi connectivity index (χ0n) is 12.3. The molecule has 110 valence electrons. The van der Waals surface area contributed by atoms with Gasteiger partial charge in [0.2, 0.25) is 0 Å². The second-order valence-corrected chi connectivity index (χ2v) is 5.91. The average molecular weight is 315 g/mol. The molecule has 3 nitrogen and oxygen atoms in total. The number of rotatable bonds is 3. The summed E-state index contributed by atoms with van der Waals surface area (Å²) in [4.78, 5) is 13.5. The molecule has 1 aromatic carbocycles. The van der Waals surface area contributed by atoms with Crippen LogP contribution in [0, 0.1) is 0 Å². The van der Waals surface area contributed by atoms with Gasteiger partial charge in [0.1, 0.15) is 10.7 Å². The molecule has 0 saturated heterocycles. The molecule has 0 radical (unpaired) electrons. The summed E-state index contributed by atoms with van der Waals surface area (Å²) >= 11 is 1.59. The molecule has 0 unspecified atom stereocenters. The first-order chi connectivity index (χ1) is 11.4. The Labute approximate surface area is 138 Å². The number of pyridine rings is 2. The molecule has 0 N–H and O–H groups in total. The second-order valence-electron chi connectivity index (χ2n) is 5.05. The van der Waals surface area contributed by atoms with Gasteiger partial charge in [0.05, 0.1) is 11.4 Å². The van der Waals surface area contributed by atoms with Gasteiger partial charge in [-0.3, -0.25) is 9.97 Å². The lowest BCUT2D eigenvalue weighted by molar-refractivity contribution is 1.26. The molecule has 0 aliphatic rings. The zero-order valence-corrected chi connectivity index (χ0v) is 13.1. The third-order valence-electron chi connectivity index (χ3n) is 3.52. The average Bonchev–Trinajstić information content (AvgIpc) is 3.14. The van der Waals surface area contributed by atoms with Gasteiger partial charge in [-0.25, -0.2) is 4.98 Å². The number of aromatic nitrogens is 3. The summed E-state index contributed by atoms with van der Waals surface area (Å²) in [7, 11) is 0. The first-order valence-corrected chi connectivity index (χ1v) is 8.17. The molecule has 3 aromatic heterocycles. The van der Waals surface area contributed by atoms with Crippen molar-refractivity contribution in [1.82, 2.24) is 15.0 Å². The topological polar surface area (TPSA) is 38.7 Å². The number of hydrogen-bond acceptors (Lipinski definition) is 4. The van der Waals surface area contributed by atoms with Crippen LogP contribution in [0.25, 0.3) is 33.2 Å². The Bertz CT molecular complexity index is 918. The van der Waals surface area contributed by atoms with Crippen molar-refractivity contribution in [2.45, 2.75) is 0 Å². The fourth-order valence-corrected chi connectivity index (χ4v) is 3.16. The molecule has 0 spiro atoms. The van der Waals surface area contributed by atoms with Crippen molar-refractivity contribution in [2.24, 2.45) is 0 Å².